The average Bonchev–Trinajstić information content (AvgIpc) is 2.45. The number of rotatable bonds is 4. The van der Waals surface area contributed by atoms with Crippen molar-refractivity contribution in [2.45, 2.75) is 19.7 Å². The summed E-state index contributed by atoms with van der Waals surface area (Å²) >= 11 is 0. The van der Waals surface area contributed by atoms with E-state index in [0.29, 0.717) is 17.9 Å². The van der Waals surface area contributed by atoms with E-state index >= 15 is 0 Å². The summed E-state index contributed by atoms with van der Waals surface area (Å²) < 4.78 is 44.3. The van der Waals surface area contributed by atoms with E-state index in [-0.39, 0.29) is 5.56 Å². The Labute approximate surface area is 121 Å². The smallest absolute Gasteiger partial charge is 0.416 e. The number of alkyl halides is 3. The molecule has 0 fully saturated rings. The fraction of sp³-hybridized carbons (Fsp3) is 0.176. The van der Waals surface area contributed by atoms with Crippen LogP contribution in [0, 0.1) is 0 Å². The van der Waals surface area contributed by atoms with E-state index in [1.54, 1.807) is 6.92 Å². The molecular weight excluding hydrogens is 277 g/mol. The molecule has 2 aromatic rings. The Morgan fingerprint density at radius 3 is 2.33 bits per heavy atom. The minimum Gasteiger partial charge on any atom is -0.489 e. The van der Waals surface area contributed by atoms with Gasteiger partial charge in [0.05, 0.1) is 5.56 Å². The molecule has 0 N–H and O–H groups in total. The van der Waals surface area contributed by atoms with E-state index in [1.165, 1.54) is 12.1 Å². The SMILES string of the molecule is C=C(C)c1cc(OCc2ccccc2)ccc1C(F)(F)F. The summed E-state index contributed by atoms with van der Waals surface area (Å²) in [6.07, 6.45) is -4.40. The first-order valence-corrected chi connectivity index (χ1v) is 6.42. The summed E-state index contributed by atoms with van der Waals surface area (Å²) in [5.41, 5.74) is 0.678. The molecule has 0 heterocycles. The summed E-state index contributed by atoms with van der Waals surface area (Å²) in [4.78, 5) is 0. The van der Waals surface area contributed by atoms with Crippen LogP contribution in [0.15, 0.2) is 55.1 Å². The molecule has 2 aromatic carbocycles. The Kier molecular flexibility index (Phi) is 4.36. The number of ether oxygens (including phenoxy) is 1. The minimum absolute atomic E-state index is 0.0630. The summed E-state index contributed by atoms with van der Waals surface area (Å²) in [6, 6.07) is 13.2. The molecular formula is C17H15F3O. The molecule has 0 aliphatic rings. The summed E-state index contributed by atoms with van der Waals surface area (Å²) in [5, 5.41) is 0. The molecule has 0 aliphatic carbocycles. The Bertz CT molecular complexity index is 630. The maximum atomic E-state index is 12.9. The van der Waals surface area contributed by atoms with E-state index in [9.17, 15) is 13.2 Å². The standard InChI is InChI=1S/C17H15F3O/c1-12(2)15-10-14(8-9-16(15)17(18,19)20)21-11-13-6-4-3-5-7-13/h3-10H,1,11H2,2H3. The molecule has 2 rings (SSSR count). The third-order valence-electron chi connectivity index (χ3n) is 3.00. The zero-order valence-electron chi connectivity index (χ0n) is 11.6. The molecule has 21 heavy (non-hydrogen) atoms. The molecule has 0 aliphatic heterocycles. The molecule has 0 spiro atoms. The van der Waals surface area contributed by atoms with Crippen molar-refractivity contribution in [1.82, 2.24) is 0 Å². The second kappa shape index (κ2) is 6.04. The lowest BCUT2D eigenvalue weighted by atomic mass is 10.0. The lowest BCUT2D eigenvalue weighted by Gasteiger charge is -2.15. The van der Waals surface area contributed by atoms with Gasteiger partial charge in [-0.3, -0.25) is 0 Å². The number of benzene rings is 2. The van der Waals surface area contributed by atoms with Crippen LogP contribution in [0.4, 0.5) is 13.2 Å². The molecule has 0 aromatic heterocycles. The zero-order valence-corrected chi connectivity index (χ0v) is 11.6. The quantitative estimate of drug-likeness (QED) is 0.741. The lowest BCUT2D eigenvalue weighted by Crippen LogP contribution is -2.08. The van der Waals surface area contributed by atoms with E-state index in [0.717, 1.165) is 11.6 Å². The second-order valence-corrected chi connectivity index (χ2v) is 4.76. The van der Waals surface area contributed by atoms with E-state index < -0.39 is 11.7 Å². The number of allylic oxidation sites excluding steroid dienone is 1. The number of halogens is 3. The van der Waals surface area contributed by atoms with Crippen LogP contribution in [0.3, 0.4) is 0 Å². The van der Waals surface area contributed by atoms with Crippen molar-refractivity contribution < 1.29 is 17.9 Å². The van der Waals surface area contributed by atoms with Gasteiger partial charge >= 0.3 is 6.18 Å². The van der Waals surface area contributed by atoms with Crippen molar-refractivity contribution in [3.63, 3.8) is 0 Å². The number of hydrogen-bond acceptors (Lipinski definition) is 1. The molecule has 0 radical (unpaired) electrons. The summed E-state index contributed by atoms with van der Waals surface area (Å²) in [7, 11) is 0. The molecule has 0 amide bonds. The average molecular weight is 292 g/mol. The van der Waals surface area contributed by atoms with Gasteiger partial charge in [-0.15, -0.1) is 0 Å². The third kappa shape index (κ3) is 3.88. The van der Waals surface area contributed by atoms with Crippen LogP contribution in [0.25, 0.3) is 5.57 Å². The molecule has 0 saturated heterocycles. The van der Waals surface area contributed by atoms with E-state index in [4.69, 9.17) is 4.74 Å². The van der Waals surface area contributed by atoms with Gasteiger partial charge in [-0.25, -0.2) is 0 Å². The Morgan fingerprint density at radius 2 is 1.76 bits per heavy atom. The highest BCUT2D eigenvalue weighted by Crippen LogP contribution is 2.36. The highest BCUT2D eigenvalue weighted by Gasteiger charge is 2.33. The molecule has 0 saturated carbocycles. The van der Waals surface area contributed by atoms with Crippen molar-refractivity contribution in [3.8, 4) is 5.75 Å². The van der Waals surface area contributed by atoms with Crippen molar-refractivity contribution in [1.29, 1.82) is 0 Å². The molecule has 0 atom stereocenters. The Hall–Kier alpha value is -2.23. The van der Waals surface area contributed by atoms with Gasteiger partial charge in [-0.2, -0.15) is 13.2 Å². The summed E-state index contributed by atoms with van der Waals surface area (Å²) in [6.45, 7) is 5.46. The van der Waals surface area contributed by atoms with Crippen molar-refractivity contribution >= 4 is 5.57 Å². The Morgan fingerprint density at radius 1 is 1.10 bits per heavy atom. The van der Waals surface area contributed by atoms with Crippen LogP contribution in [0.1, 0.15) is 23.6 Å². The maximum absolute atomic E-state index is 12.9. The van der Waals surface area contributed by atoms with E-state index in [2.05, 4.69) is 6.58 Å². The van der Waals surface area contributed by atoms with Gasteiger partial charge in [0.25, 0.3) is 0 Å². The largest absolute Gasteiger partial charge is 0.489 e. The van der Waals surface area contributed by atoms with E-state index in [1.807, 2.05) is 30.3 Å². The second-order valence-electron chi connectivity index (χ2n) is 4.76. The number of hydrogen-bond donors (Lipinski definition) is 0. The molecule has 0 bridgehead atoms. The van der Waals surface area contributed by atoms with Crippen LogP contribution in [-0.2, 0) is 12.8 Å². The fourth-order valence-electron chi connectivity index (χ4n) is 1.95. The monoisotopic (exact) mass is 292 g/mol. The Balaban J connectivity index is 2.22. The van der Waals surface area contributed by atoms with Crippen molar-refractivity contribution in [2.75, 3.05) is 0 Å². The molecule has 4 heteroatoms. The van der Waals surface area contributed by atoms with Gasteiger partial charge in [-0.1, -0.05) is 42.5 Å². The third-order valence-corrected chi connectivity index (χ3v) is 3.00. The van der Waals surface area contributed by atoms with Gasteiger partial charge in [0.15, 0.2) is 0 Å². The van der Waals surface area contributed by atoms with Crippen LogP contribution in [0.5, 0.6) is 5.75 Å². The molecule has 0 unspecified atom stereocenters. The minimum atomic E-state index is -4.40. The van der Waals surface area contributed by atoms with Gasteiger partial charge < -0.3 is 4.74 Å². The first-order chi connectivity index (χ1) is 9.88. The van der Waals surface area contributed by atoms with Crippen molar-refractivity contribution in [3.05, 3.63) is 71.8 Å². The normalized spacial score (nSPS) is 11.2. The van der Waals surface area contributed by atoms with Gasteiger partial charge in [0.2, 0.25) is 0 Å². The lowest BCUT2D eigenvalue weighted by molar-refractivity contribution is -0.137. The highest BCUT2D eigenvalue weighted by atomic mass is 19.4. The van der Waals surface area contributed by atoms with Gasteiger partial charge in [0, 0.05) is 0 Å². The maximum Gasteiger partial charge on any atom is 0.416 e. The van der Waals surface area contributed by atoms with Crippen LogP contribution >= 0.6 is 0 Å². The topological polar surface area (TPSA) is 9.23 Å². The zero-order chi connectivity index (χ0) is 15.5. The van der Waals surface area contributed by atoms with Crippen LogP contribution in [0.2, 0.25) is 0 Å². The van der Waals surface area contributed by atoms with Gasteiger partial charge in [-0.05, 0) is 36.2 Å². The predicted octanol–water partition coefficient (Wildman–Crippen LogP) is 5.32. The van der Waals surface area contributed by atoms with Gasteiger partial charge in [0.1, 0.15) is 12.4 Å². The predicted molar refractivity (Wildman–Crippen MR) is 76.9 cm³/mol. The first-order valence-electron chi connectivity index (χ1n) is 6.42. The highest BCUT2D eigenvalue weighted by molar-refractivity contribution is 5.66. The fourth-order valence-corrected chi connectivity index (χ4v) is 1.95. The molecule has 110 valence electrons. The molecule has 1 nitrogen and oxygen atoms in total. The first kappa shape index (κ1) is 15.2. The van der Waals surface area contributed by atoms with Crippen LogP contribution < -0.4 is 4.74 Å². The summed E-state index contributed by atoms with van der Waals surface area (Å²) in [5.74, 6) is 0.393. The van der Waals surface area contributed by atoms with Crippen LogP contribution in [-0.4, -0.2) is 0 Å². The van der Waals surface area contributed by atoms with Crippen molar-refractivity contribution in [2.24, 2.45) is 0 Å².